The maximum absolute atomic E-state index is 12.3. The van der Waals surface area contributed by atoms with E-state index in [1.54, 1.807) is 23.7 Å². The van der Waals surface area contributed by atoms with Crippen LogP contribution < -0.4 is 14.8 Å². The fraction of sp³-hybridized carbons (Fsp3) is 0.412. The average molecular weight is 360 g/mol. The highest BCUT2D eigenvalue weighted by Crippen LogP contribution is 2.32. The van der Waals surface area contributed by atoms with Crippen molar-refractivity contribution in [3.8, 4) is 17.2 Å². The molecular formula is C17H20N4O5. The van der Waals surface area contributed by atoms with Crippen LogP contribution >= 0.6 is 0 Å². The smallest absolute Gasteiger partial charge is 0.303 e. The molecule has 0 bridgehead atoms. The number of carboxylic acid groups (broad SMARTS) is 1. The van der Waals surface area contributed by atoms with E-state index < -0.39 is 5.97 Å². The van der Waals surface area contributed by atoms with Gasteiger partial charge in [-0.2, -0.15) is 0 Å². The Labute approximate surface area is 149 Å². The number of ether oxygens (including phenoxy) is 2. The molecule has 0 atom stereocenters. The Bertz CT molecular complexity index is 817. The predicted octanol–water partition coefficient (Wildman–Crippen LogP) is 1.33. The van der Waals surface area contributed by atoms with Gasteiger partial charge in [0.15, 0.2) is 17.2 Å². The van der Waals surface area contributed by atoms with Crippen molar-refractivity contribution in [3.05, 3.63) is 29.6 Å². The molecular weight excluding hydrogens is 340 g/mol. The number of aliphatic carboxylic acids is 1. The first-order valence-corrected chi connectivity index (χ1v) is 8.38. The van der Waals surface area contributed by atoms with Crippen molar-refractivity contribution < 1.29 is 24.2 Å². The Morgan fingerprint density at radius 2 is 2.00 bits per heavy atom. The van der Waals surface area contributed by atoms with E-state index in [0.29, 0.717) is 49.8 Å². The highest BCUT2D eigenvalue weighted by molar-refractivity contribution is 5.93. The normalized spacial score (nSPS) is 12.7. The number of nitrogens with zero attached hydrogens (tertiary/aromatic N) is 3. The molecule has 0 radical (unpaired) electrons. The molecule has 0 fully saturated rings. The Morgan fingerprint density at radius 1 is 1.23 bits per heavy atom. The number of nitrogens with one attached hydrogen (secondary N) is 1. The maximum atomic E-state index is 12.3. The molecule has 1 aliphatic rings. The second-order valence-corrected chi connectivity index (χ2v) is 5.87. The minimum atomic E-state index is -0.838. The summed E-state index contributed by atoms with van der Waals surface area (Å²) in [6, 6.07) is 5.42. The zero-order valence-corrected chi connectivity index (χ0v) is 14.4. The molecule has 0 unspecified atom stereocenters. The van der Waals surface area contributed by atoms with E-state index in [2.05, 4.69) is 15.6 Å². The van der Waals surface area contributed by atoms with Crippen LogP contribution in [0.25, 0.3) is 5.69 Å². The SMILES string of the molecule is Cc1c(C(=O)NCCCCC(=O)O)nnn1-c1ccc2c(c1)OCCO2. The van der Waals surface area contributed by atoms with Crippen molar-refractivity contribution >= 4 is 11.9 Å². The van der Waals surface area contributed by atoms with Crippen molar-refractivity contribution in [2.45, 2.75) is 26.2 Å². The first kappa shape index (κ1) is 17.7. The van der Waals surface area contributed by atoms with Gasteiger partial charge in [-0.25, -0.2) is 4.68 Å². The summed E-state index contributed by atoms with van der Waals surface area (Å²) < 4.78 is 12.6. The number of hydrogen-bond donors (Lipinski definition) is 2. The maximum Gasteiger partial charge on any atom is 0.303 e. The van der Waals surface area contributed by atoms with Crippen molar-refractivity contribution in [1.29, 1.82) is 0 Å². The van der Waals surface area contributed by atoms with Gasteiger partial charge >= 0.3 is 5.97 Å². The lowest BCUT2D eigenvalue weighted by atomic mass is 10.2. The van der Waals surface area contributed by atoms with Crippen molar-refractivity contribution in [3.63, 3.8) is 0 Å². The molecule has 0 aliphatic carbocycles. The molecule has 9 heteroatoms. The van der Waals surface area contributed by atoms with E-state index in [-0.39, 0.29) is 18.0 Å². The zero-order chi connectivity index (χ0) is 18.5. The zero-order valence-electron chi connectivity index (χ0n) is 14.4. The molecule has 1 aromatic heterocycles. The predicted molar refractivity (Wildman–Crippen MR) is 90.9 cm³/mol. The van der Waals surface area contributed by atoms with Crippen LogP contribution in [0.5, 0.6) is 11.5 Å². The number of aromatic nitrogens is 3. The van der Waals surface area contributed by atoms with Gasteiger partial charge in [0.25, 0.3) is 5.91 Å². The summed E-state index contributed by atoms with van der Waals surface area (Å²) in [6.07, 6.45) is 1.20. The quantitative estimate of drug-likeness (QED) is 0.716. The monoisotopic (exact) mass is 360 g/mol. The third-order valence-electron chi connectivity index (χ3n) is 3.98. The van der Waals surface area contributed by atoms with Crippen LogP contribution in [0, 0.1) is 6.92 Å². The van der Waals surface area contributed by atoms with E-state index in [9.17, 15) is 9.59 Å². The summed E-state index contributed by atoms with van der Waals surface area (Å²) in [4.78, 5) is 22.7. The molecule has 1 aromatic carbocycles. The first-order chi connectivity index (χ1) is 12.6. The van der Waals surface area contributed by atoms with Crippen LogP contribution in [-0.4, -0.2) is 51.7 Å². The average Bonchev–Trinajstić information content (AvgIpc) is 3.02. The molecule has 0 spiro atoms. The summed E-state index contributed by atoms with van der Waals surface area (Å²) in [5, 5.41) is 19.4. The number of benzene rings is 1. The van der Waals surface area contributed by atoms with E-state index >= 15 is 0 Å². The summed E-state index contributed by atoms with van der Waals surface area (Å²) in [5.41, 5.74) is 1.56. The lowest BCUT2D eigenvalue weighted by Gasteiger charge is -2.18. The Morgan fingerprint density at radius 3 is 2.77 bits per heavy atom. The number of carbonyl (C=O) groups excluding carboxylic acids is 1. The van der Waals surface area contributed by atoms with Gasteiger partial charge in [0.05, 0.1) is 11.4 Å². The van der Waals surface area contributed by atoms with Crippen LogP contribution in [-0.2, 0) is 4.79 Å². The number of rotatable bonds is 7. The minimum Gasteiger partial charge on any atom is -0.486 e. The molecule has 2 N–H and O–H groups in total. The van der Waals surface area contributed by atoms with E-state index in [4.69, 9.17) is 14.6 Å². The van der Waals surface area contributed by atoms with Gasteiger partial charge < -0.3 is 19.9 Å². The van der Waals surface area contributed by atoms with E-state index in [0.717, 1.165) is 5.69 Å². The van der Waals surface area contributed by atoms with Crippen LogP contribution in [0.15, 0.2) is 18.2 Å². The molecule has 1 amide bonds. The summed E-state index contributed by atoms with van der Waals surface area (Å²) >= 11 is 0. The highest BCUT2D eigenvalue weighted by atomic mass is 16.6. The third kappa shape index (κ3) is 3.93. The Kier molecular flexibility index (Phi) is 5.35. The second kappa shape index (κ2) is 7.85. The number of carboxylic acids is 1. The molecule has 3 rings (SSSR count). The first-order valence-electron chi connectivity index (χ1n) is 8.38. The second-order valence-electron chi connectivity index (χ2n) is 5.87. The Balaban J connectivity index is 1.66. The van der Waals surface area contributed by atoms with E-state index in [1.165, 1.54) is 0 Å². The molecule has 2 heterocycles. The molecule has 2 aromatic rings. The fourth-order valence-corrected chi connectivity index (χ4v) is 2.63. The molecule has 9 nitrogen and oxygen atoms in total. The van der Waals surface area contributed by atoms with Gasteiger partial charge in [-0.1, -0.05) is 5.21 Å². The summed E-state index contributed by atoms with van der Waals surface area (Å²) in [7, 11) is 0. The number of fused-ring (bicyclic) bond motifs is 1. The highest BCUT2D eigenvalue weighted by Gasteiger charge is 2.19. The number of unbranched alkanes of at least 4 members (excludes halogenated alkanes) is 1. The van der Waals surface area contributed by atoms with Crippen LogP contribution in [0.4, 0.5) is 0 Å². The lowest BCUT2D eigenvalue weighted by molar-refractivity contribution is -0.137. The third-order valence-corrected chi connectivity index (χ3v) is 3.98. The fourth-order valence-electron chi connectivity index (χ4n) is 2.63. The molecule has 138 valence electrons. The molecule has 0 saturated heterocycles. The summed E-state index contributed by atoms with van der Waals surface area (Å²) in [6.45, 7) is 3.16. The van der Waals surface area contributed by atoms with Gasteiger partial charge in [-0.3, -0.25) is 9.59 Å². The summed E-state index contributed by atoms with van der Waals surface area (Å²) in [5.74, 6) is 0.140. The van der Waals surface area contributed by atoms with Crippen LogP contribution in [0.3, 0.4) is 0 Å². The Hall–Kier alpha value is -3.10. The topological polar surface area (TPSA) is 116 Å². The largest absolute Gasteiger partial charge is 0.486 e. The van der Waals surface area contributed by atoms with Gasteiger partial charge in [0, 0.05) is 19.0 Å². The number of carbonyl (C=O) groups is 2. The van der Waals surface area contributed by atoms with Crippen molar-refractivity contribution in [2.75, 3.05) is 19.8 Å². The van der Waals surface area contributed by atoms with Gasteiger partial charge in [-0.05, 0) is 31.9 Å². The molecule has 1 aliphatic heterocycles. The molecule has 0 saturated carbocycles. The van der Waals surface area contributed by atoms with Crippen LogP contribution in [0.2, 0.25) is 0 Å². The standard InChI is InChI=1S/C17H20N4O5/c1-11-16(17(24)18-7-3-2-4-15(22)23)19-20-21(11)12-5-6-13-14(10-12)26-9-8-25-13/h5-6,10H,2-4,7-9H2,1H3,(H,18,24)(H,22,23). The van der Waals surface area contributed by atoms with Gasteiger partial charge in [-0.15, -0.1) is 5.10 Å². The van der Waals surface area contributed by atoms with Crippen molar-refractivity contribution in [1.82, 2.24) is 20.3 Å². The van der Waals surface area contributed by atoms with E-state index in [1.807, 2.05) is 6.07 Å². The molecule has 26 heavy (non-hydrogen) atoms. The number of hydrogen-bond acceptors (Lipinski definition) is 6. The van der Waals surface area contributed by atoms with Gasteiger partial charge in [0.2, 0.25) is 0 Å². The van der Waals surface area contributed by atoms with Crippen LogP contribution in [0.1, 0.15) is 35.4 Å². The minimum absolute atomic E-state index is 0.0925. The van der Waals surface area contributed by atoms with Crippen molar-refractivity contribution in [2.24, 2.45) is 0 Å². The number of amides is 1. The van der Waals surface area contributed by atoms with Gasteiger partial charge in [0.1, 0.15) is 13.2 Å². The lowest BCUT2D eigenvalue weighted by Crippen LogP contribution is -2.25.